The molecular weight excluding hydrogens is 550 g/mol. The van der Waals surface area contributed by atoms with Gasteiger partial charge in [-0.15, -0.1) is 0 Å². The molecule has 4 unspecified atom stereocenters. The Hall–Kier alpha value is -4.89. The second-order valence-electron chi connectivity index (χ2n) is 9.50. The van der Waals surface area contributed by atoms with E-state index in [0.717, 1.165) is 0 Å². The van der Waals surface area contributed by atoms with Crippen LogP contribution in [-0.2, 0) is 32.0 Å². The molecule has 0 aliphatic carbocycles. The van der Waals surface area contributed by atoms with Crippen LogP contribution in [0.1, 0.15) is 24.0 Å². The third-order valence-electron chi connectivity index (χ3n) is 6.11. The Balaban J connectivity index is 2.23. The lowest BCUT2D eigenvalue weighted by Gasteiger charge is -2.25. The molecule has 42 heavy (non-hydrogen) atoms. The summed E-state index contributed by atoms with van der Waals surface area (Å²) in [5.74, 6) is -3.93. The molecule has 0 fully saturated rings. The number of aliphatic hydroxyl groups is 1. The molecule has 0 saturated heterocycles. The fraction of sp³-hybridized carbons (Fsp3) is 0.370. The van der Waals surface area contributed by atoms with Crippen molar-refractivity contribution in [3.8, 4) is 11.5 Å². The van der Waals surface area contributed by atoms with Crippen LogP contribution in [0.3, 0.4) is 0 Å². The van der Waals surface area contributed by atoms with Gasteiger partial charge in [-0.1, -0.05) is 24.3 Å². The molecule has 228 valence electrons. The molecule has 0 bridgehead atoms. The molecule has 0 saturated carbocycles. The number of carbonyl (C=O) groups excluding carboxylic acids is 3. The maximum atomic E-state index is 13.4. The minimum atomic E-state index is -1.62. The number of nitrogens with zero attached hydrogens (tertiary/aromatic N) is 1. The summed E-state index contributed by atoms with van der Waals surface area (Å²) in [7, 11) is 0. The van der Waals surface area contributed by atoms with E-state index in [4.69, 9.17) is 17.2 Å². The number of nitrogens with two attached hydrogens (primary N) is 3. The summed E-state index contributed by atoms with van der Waals surface area (Å²) in [5, 5.41) is 44.9. The summed E-state index contributed by atoms with van der Waals surface area (Å²) in [6.07, 6.45) is 0.328. The SMILES string of the molecule is NC(N)=NCCCC(NC(=O)C(N)Cc1ccc(O)cc1)C(=O)NC(Cc1ccc(O)cc1)C(=O)NC(CO)C(=O)O. The Kier molecular flexibility index (Phi) is 13.0. The lowest BCUT2D eigenvalue weighted by atomic mass is 10.0. The number of amides is 3. The van der Waals surface area contributed by atoms with Gasteiger partial charge in [0.2, 0.25) is 17.7 Å². The van der Waals surface area contributed by atoms with Crippen molar-refractivity contribution in [3.63, 3.8) is 0 Å². The average molecular weight is 588 g/mol. The Labute approximate surface area is 241 Å². The lowest BCUT2D eigenvalue weighted by molar-refractivity contribution is -0.143. The molecular formula is C27H37N7O8. The second kappa shape index (κ2) is 16.4. The number of carbonyl (C=O) groups is 4. The number of phenols is 2. The van der Waals surface area contributed by atoms with Gasteiger partial charge in [0.15, 0.2) is 5.96 Å². The molecule has 13 N–H and O–H groups in total. The van der Waals surface area contributed by atoms with Gasteiger partial charge in [-0.05, 0) is 54.7 Å². The highest BCUT2D eigenvalue weighted by atomic mass is 16.4. The van der Waals surface area contributed by atoms with Gasteiger partial charge >= 0.3 is 5.97 Å². The normalized spacial score (nSPS) is 13.6. The van der Waals surface area contributed by atoms with Crippen LogP contribution >= 0.6 is 0 Å². The number of carboxylic acid groups (broad SMARTS) is 1. The molecule has 15 nitrogen and oxygen atoms in total. The number of carboxylic acids is 1. The Morgan fingerprint density at radius 1 is 0.738 bits per heavy atom. The molecule has 4 atom stereocenters. The van der Waals surface area contributed by atoms with Crippen LogP contribution in [0.4, 0.5) is 0 Å². The highest BCUT2D eigenvalue weighted by Crippen LogP contribution is 2.13. The van der Waals surface area contributed by atoms with Crippen molar-refractivity contribution in [3.05, 3.63) is 59.7 Å². The van der Waals surface area contributed by atoms with Gasteiger partial charge in [0, 0.05) is 13.0 Å². The lowest BCUT2D eigenvalue weighted by Crippen LogP contribution is -2.58. The summed E-state index contributed by atoms with van der Waals surface area (Å²) in [5.41, 5.74) is 18.0. The van der Waals surface area contributed by atoms with Crippen LogP contribution in [0.5, 0.6) is 11.5 Å². The second-order valence-corrected chi connectivity index (χ2v) is 9.50. The first kappa shape index (κ1) is 33.3. The van der Waals surface area contributed by atoms with Gasteiger partial charge in [-0.2, -0.15) is 0 Å². The number of aliphatic imine (C=N–C) groups is 1. The van der Waals surface area contributed by atoms with Crippen molar-refractivity contribution >= 4 is 29.7 Å². The van der Waals surface area contributed by atoms with Crippen LogP contribution in [0.25, 0.3) is 0 Å². The first-order valence-electron chi connectivity index (χ1n) is 13.0. The van der Waals surface area contributed by atoms with Gasteiger partial charge in [-0.3, -0.25) is 19.4 Å². The Morgan fingerprint density at radius 3 is 1.71 bits per heavy atom. The molecule has 15 heteroatoms. The zero-order valence-electron chi connectivity index (χ0n) is 22.8. The van der Waals surface area contributed by atoms with Crippen molar-refractivity contribution in [2.45, 2.75) is 49.9 Å². The fourth-order valence-corrected chi connectivity index (χ4v) is 3.84. The number of phenolic OH excluding ortho intramolecular Hbond substituents is 2. The number of aromatic hydroxyl groups is 2. The summed E-state index contributed by atoms with van der Waals surface area (Å²) in [6.45, 7) is -0.737. The standard InChI is InChI=1S/C27H37N7O8/c28-19(12-15-3-7-17(36)8-4-15)23(38)32-20(2-1-11-31-27(29)30)24(39)33-21(13-16-5-9-18(37)10-6-16)25(40)34-22(14-35)26(41)42/h3-10,19-22,35-37H,1-2,11-14,28H2,(H,32,38)(H,33,39)(H,34,40)(H,41,42)(H4,29,30,31). The first-order chi connectivity index (χ1) is 19.9. The number of guanidine groups is 1. The van der Waals surface area contributed by atoms with E-state index in [0.29, 0.717) is 11.1 Å². The maximum Gasteiger partial charge on any atom is 0.328 e. The van der Waals surface area contributed by atoms with E-state index in [-0.39, 0.29) is 49.7 Å². The molecule has 0 radical (unpaired) electrons. The molecule has 0 heterocycles. The van der Waals surface area contributed by atoms with Gasteiger partial charge in [0.05, 0.1) is 12.6 Å². The number of hydrogen-bond acceptors (Lipinski definition) is 9. The van der Waals surface area contributed by atoms with Crippen LogP contribution in [0.15, 0.2) is 53.5 Å². The van der Waals surface area contributed by atoms with E-state index >= 15 is 0 Å². The van der Waals surface area contributed by atoms with Crippen LogP contribution < -0.4 is 33.2 Å². The summed E-state index contributed by atoms with van der Waals surface area (Å²) in [4.78, 5) is 54.6. The fourth-order valence-electron chi connectivity index (χ4n) is 3.84. The van der Waals surface area contributed by atoms with Gasteiger partial charge in [0.1, 0.15) is 29.6 Å². The number of aliphatic hydroxyl groups excluding tert-OH is 1. The van der Waals surface area contributed by atoms with E-state index < -0.39 is 54.5 Å². The zero-order valence-corrected chi connectivity index (χ0v) is 22.8. The maximum absolute atomic E-state index is 13.4. The highest BCUT2D eigenvalue weighted by Gasteiger charge is 2.30. The molecule has 0 aliphatic rings. The van der Waals surface area contributed by atoms with Crippen molar-refractivity contribution in [2.75, 3.05) is 13.2 Å². The van der Waals surface area contributed by atoms with Gasteiger partial charge in [-0.25, -0.2) is 4.79 Å². The number of rotatable bonds is 16. The van der Waals surface area contributed by atoms with E-state index in [2.05, 4.69) is 20.9 Å². The zero-order chi connectivity index (χ0) is 31.2. The number of hydrogen-bond donors (Lipinski definition) is 10. The molecule has 0 aromatic heterocycles. The Bertz CT molecular complexity index is 1230. The largest absolute Gasteiger partial charge is 0.508 e. The van der Waals surface area contributed by atoms with Crippen LogP contribution in [0, 0.1) is 0 Å². The molecule has 2 aromatic carbocycles. The number of aliphatic carboxylic acids is 1. The summed E-state index contributed by atoms with van der Waals surface area (Å²) < 4.78 is 0. The summed E-state index contributed by atoms with van der Waals surface area (Å²) >= 11 is 0. The summed E-state index contributed by atoms with van der Waals surface area (Å²) in [6, 6.07) is 6.71. The van der Waals surface area contributed by atoms with E-state index in [1.807, 2.05) is 0 Å². The molecule has 3 amide bonds. The predicted molar refractivity (Wildman–Crippen MR) is 152 cm³/mol. The van der Waals surface area contributed by atoms with Gasteiger partial charge < -0.3 is 53.6 Å². The number of nitrogens with one attached hydrogen (secondary N) is 3. The van der Waals surface area contributed by atoms with E-state index in [1.165, 1.54) is 36.4 Å². The van der Waals surface area contributed by atoms with Crippen molar-refractivity contribution < 1.29 is 39.6 Å². The number of benzene rings is 2. The smallest absolute Gasteiger partial charge is 0.328 e. The molecule has 0 spiro atoms. The molecule has 0 aliphatic heterocycles. The van der Waals surface area contributed by atoms with Crippen LogP contribution in [0.2, 0.25) is 0 Å². The molecule has 2 aromatic rings. The van der Waals surface area contributed by atoms with E-state index in [9.17, 15) is 39.6 Å². The monoisotopic (exact) mass is 587 g/mol. The highest BCUT2D eigenvalue weighted by molar-refractivity contribution is 5.94. The predicted octanol–water partition coefficient (Wildman–Crippen LogP) is -2.20. The third kappa shape index (κ3) is 11.3. The van der Waals surface area contributed by atoms with Gasteiger partial charge in [0.25, 0.3) is 0 Å². The minimum Gasteiger partial charge on any atom is -0.508 e. The Morgan fingerprint density at radius 2 is 1.21 bits per heavy atom. The van der Waals surface area contributed by atoms with Crippen molar-refractivity contribution in [1.82, 2.24) is 16.0 Å². The van der Waals surface area contributed by atoms with E-state index in [1.54, 1.807) is 12.1 Å². The third-order valence-corrected chi connectivity index (χ3v) is 6.11. The molecule has 2 rings (SSSR count). The average Bonchev–Trinajstić information content (AvgIpc) is 2.94. The van der Waals surface area contributed by atoms with Crippen LogP contribution in [-0.4, -0.2) is 87.4 Å². The quantitative estimate of drug-likeness (QED) is 0.0571. The topological polar surface area (TPSA) is 276 Å². The van der Waals surface area contributed by atoms with Crippen molar-refractivity contribution in [1.29, 1.82) is 0 Å². The first-order valence-corrected chi connectivity index (χ1v) is 13.0. The van der Waals surface area contributed by atoms with Crippen molar-refractivity contribution in [2.24, 2.45) is 22.2 Å². The minimum absolute atomic E-state index is 0.0257.